The molecule has 1 aliphatic heterocycles. The van der Waals surface area contributed by atoms with Crippen molar-refractivity contribution in [2.75, 3.05) is 23.0 Å². The third-order valence-corrected chi connectivity index (χ3v) is 3.46. The number of imide groups is 1. The number of hydrogen-bond donors (Lipinski definition) is 1. The van der Waals surface area contributed by atoms with Crippen LogP contribution < -0.4 is 10.2 Å². The molecule has 0 atom stereocenters. The van der Waals surface area contributed by atoms with Crippen LogP contribution in [0.25, 0.3) is 0 Å². The molecule has 5 nitrogen and oxygen atoms in total. The van der Waals surface area contributed by atoms with Gasteiger partial charge in [-0.1, -0.05) is 0 Å². The van der Waals surface area contributed by atoms with E-state index in [1.54, 1.807) is 13.1 Å². The quantitative estimate of drug-likeness (QED) is 0.624. The van der Waals surface area contributed by atoms with Gasteiger partial charge in [-0.2, -0.15) is 0 Å². The average Bonchev–Trinajstić information content (AvgIpc) is 2.37. The van der Waals surface area contributed by atoms with E-state index in [1.165, 1.54) is 11.8 Å². The highest BCUT2D eigenvalue weighted by atomic mass is 32.2. The Hall–Kier alpha value is -1.82. The summed E-state index contributed by atoms with van der Waals surface area (Å²) in [5, 5.41) is 2.92. The Morgan fingerprint density at radius 3 is 2.94 bits per heavy atom. The summed E-state index contributed by atoms with van der Waals surface area (Å²) in [6.45, 7) is 0. The summed E-state index contributed by atoms with van der Waals surface area (Å²) >= 11 is 1.36. The third-order valence-electron chi connectivity index (χ3n) is 2.41. The Balaban J connectivity index is 2.52. The van der Waals surface area contributed by atoms with Crippen molar-refractivity contribution in [3.8, 4) is 0 Å². The fourth-order valence-electron chi connectivity index (χ4n) is 1.60. The van der Waals surface area contributed by atoms with Crippen LogP contribution >= 0.6 is 11.8 Å². The van der Waals surface area contributed by atoms with Crippen molar-refractivity contribution < 1.29 is 14.4 Å². The van der Waals surface area contributed by atoms with Gasteiger partial charge in [0.2, 0.25) is 12.2 Å². The number of nitrogens with one attached hydrogen (secondary N) is 1. The summed E-state index contributed by atoms with van der Waals surface area (Å²) in [5.41, 5.74) is 1.25. The Morgan fingerprint density at radius 1 is 1.53 bits per heavy atom. The average molecular weight is 250 g/mol. The summed E-state index contributed by atoms with van der Waals surface area (Å²) in [6.07, 6.45) is 0.156. The van der Waals surface area contributed by atoms with Gasteiger partial charge in [0.1, 0.15) is 0 Å². The van der Waals surface area contributed by atoms with Crippen molar-refractivity contribution in [3.05, 3.63) is 18.2 Å². The SMILES string of the molecule is CNc1ccc2c(c1)N(C(=O)C=O)C(=O)CS2. The lowest BCUT2D eigenvalue weighted by Crippen LogP contribution is -2.41. The number of benzene rings is 1. The lowest BCUT2D eigenvalue weighted by atomic mass is 10.2. The van der Waals surface area contributed by atoms with E-state index in [0.717, 1.165) is 15.5 Å². The maximum absolute atomic E-state index is 11.7. The van der Waals surface area contributed by atoms with Crippen LogP contribution in [0, 0.1) is 0 Å². The van der Waals surface area contributed by atoms with Crippen LogP contribution in [0.15, 0.2) is 23.1 Å². The van der Waals surface area contributed by atoms with E-state index in [1.807, 2.05) is 12.1 Å². The highest BCUT2D eigenvalue weighted by Crippen LogP contribution is 2.36. The molecule has 0 unspecified atom stereocenters. The first-order valence-corrected chi connectivity index (χ1v) is 5.92. The van der Waals surface area contributed by atoms with Crippen LogP contribution in [0.4, 0.5) is 11.4 Å². The lowest BCUT2D eigenvalue weighted by molar-refractivity contribution is -0.132. The number of hydrogen-bond acceptors (Lipinski definition) is 5. The van der Waals surface area contributed by atoms with E-state index in [2.05, 4.69) is 5.32 Å². The van der Waals surface area contributed by atoms with Crippen molar-refractivity contribution in [2.45, 2.75) is 4.90 Å². The summed E-state index contributed by atoms with van der Waals surface area (Å²) in [4.78, 5) is 35.4. The number of anilines is 2. The van der Waals surface area contributed by atoms with Crippen molar-refractivity contribution in [3.63, 3.8) is 0 Å². The molecule has 0 bridgehead atoms. The zero-order chi connectivity index (χ0) is 12.4. The molecule has 0 aliphatic carbocycles. The van der Waals surface area contributed by atoms with Gasteiger partial charge in [0.05, 0.1) is 11.4 Å². The minimum Gasteiger partial charge on any atom is -0.388 e. The van der Waals surface area contributed by atoms with Gasteiger partial charge in [-0.3, -0.25) is 14.4 Å². The van der Waals surface area contributed by atoms with E-state index >= 15 is 0 Å². The molecular weight excluding hydrogens is 240 g/mol. The minimum absolute atomic E-state index is 0.156. The van der Waals surface area contributed by atoms with Crippen LogP contribution in [0.3, 0.4) is 0 Å². The predicted molar refractivity (Wildman–Crippen MR) is 65.3 cm³/mol. The second-order valence-corrected chi connectivity index (χ2v) is 4.42. The van der Waals surface area contributed by atoms with Gasteiger partial charge in [0.15, 0.2) is 0 Å². The highest BCUT2D eigenvalue weighted by Gasteiger charge is 2.29. The number of nitrogens with zero attached hydrogens (tertiary/aromatic N) is 1. The molecule has 1 aromatic rings. The van der Waals surface area contributed by atoms with Crippen molar-refractivity contribution in [1.29, 1.82) is 0 Å². The maximum Gasteiger partial charge on any atom is 0.297 e. The zero-order valence-corrected chi connectivity index (χ0v) is 9.91. The van der Waals surface area contributed by atoms with Gasteiger partial charge >= 0.3 is 0 Å². The summed E-state index contributed by atoms with van der Waals surface area (Å²) in [6, 6.07) is 5.36. The molecule has 0 radical (unpaired) electrons. The largest absolute Gasteiger partial charge is 0.388 e. The fourth-order valence-corrected chi connectivity index (χ4v) is 2.47. The van der Waals surface area contributed by atoms with Crippen molar-refractivity contribution in [2.24, 2.45) is 0 Å². The van der Waals surface area contributed by atoms with Gasteiger partial charge in [0.25, 0.3) is 5.91 Å². The van der Waals surface area contributed by atoms with Gasteiger partial charge in [0, 0.05) is 17.6 Å². The molecular formula is C11H10N2O3S. The first-order chi connectivity index (χ1) is 8.17. The van der Waals surface area contributed by atoms with Crippen molar-refractivity contribution >= 4 is 41.2 Å². The molecule has 2 rings (SSSR count). The molecule has 17 heavy (non-hydrogen) atoms. The molecule has 6 heteroatoms. The number of amides is 2. The number of aldehydes is 1. The number of carbonyl (C=O) groups excluding carboxylic acids is 3. The van der Waals surface area contributed by atoms with Crippen LogP contribution in [-0.2, 0) is 14.4 Å². The molecule has 0 fully saturated rings. The molecule has 0 saturated heterocycles. The number of thioether (sulfide) groups is 1. The molecule has 1 N–H and O–H groups in total. The molecule has 1 aromatic carbocycles. The fraction of sp³-hybridized carbons (Fsp3) is 0.182. The standard InChI is InChI=1S/C11H10N2O3S/c1-12-7-2-3-9-8(4-7)13(10(15)5-14)11(16)6-17-9/h2-5,12H,6H2,1H3. The van der Waals surface area contributed by atoms with E-state index < -0.39 is 5.91 Å². The van der Waals surface area contributed by atoms with Crippen LogP contribution in [0.2, 0.25) is 0 Å². The predicted octanol–water partition coefficient (Wildman–Crippen LogP) is 0.892. The number of carbonyl (C=O) groups is 3. The van der Waals surface area contributed by atoms with Gasteiger partial charge < -0.3 is 5.32 Å². The van der Waals surface area contributed by atoms with Gasteiger partial charge in [-0.05, 0) is 18.2 Å². The van der Waals surface area contributed by atoms with Crippen LogP contribution in [0.1, 0.15) is 0 Å². The smallest absolute Gasteiger partial charge is 0.297 e. The second-order valence-electron chi connectivity index (χ2n) is 3.41. The Kier molecular flexibility index (Phi) is 3.14. The van der Waals surface area contributed by atoms with Crippen LogP contribution in [0.5, 0.6) is 0 Å². The first-order valence-electron chi connectivity index (χ1n) is 4.94. The van der Waals surface area contributed by atoms with Crippen molar-refractivity contribution in [1.82, 2.24) is 0 Å². The van der Waals surface area contributed by atoms with Gasteiger partial charge in [-0.25, -0.2) is 4.90 Å². The molecule has 0 spiro atoms. The highest BCUT2D eigenvalue weighted by molar-refractivity contribution is 8.00. The molecule has 0 saturated carbocycles. The molecule has 88 valence electrons. The van der Waals surface area contributed by atoms with E-state index in [-0.39, 0.29) is 17.9 Å². The normalized spacial score (nSPS) is 14.2. The molecule has 1 heterocycles. The number of rotatable bonds is 2. The minimum atomic E-state index is -0.829. The van der Waals surface area contributed by atoms with E-state index in [9.17, 15) is 14.4 Å². The summed E-state index contributed by atoms with van der Waals surface area (Å²) in [5.74, 6) is -1.02. The topological polar surface area (TPSA) is 66.5 Å². The summed E-state index contributed by atoms with van der Waals surface area (Å²) < 4.78 is 0. The van der Waals surface area contributed by atoms with Crippen LogP contribution in [-0.4, -0.2) is 30.9 Å². The first kappa shape index (κ1) is 11.7. The van der Waals surface area contributed by atoms with E-state index in [4.69, 9.17) is 0 Å². The third kappa shape index (κ3) is 2.03. The molecule has 2 amide bonds. The maximum atomic E-state index is 11.7. The second kappa shape index (κ2) is 4.58. The van der Waals surface area contributed by atoms with Gasteiger partial charge in [-0.15, -0.1) is 11.8 Å². The lowest BCUT2D eigenvalue weighted by Gasteiger charge is -2.26. The summed E-state index contributed by atoms with van der Waals surface area (Å²) in [7, 11) is 1.74. The zero-order valence-electron chi connectivity index (χ0n) is 9.10. The van der Waals surface area contributed by atoms with E-state index in [0.29, 0.717) is 5.69 Å². The molecule has 1 aliphatic rings. The Labute approximate surface area is 102 Å². The Bertz CT molecular complexity index is 501. The molecule has 0 aromatic heterocycles. The monoisotopic (exact) mass is 250 g/mol. The number of fused-ring (bicyclic) bond motifs is 1. The Morgan fingerprint density at radius 2 is 2.29 bits per heavy atom.